The monoisotopic (exact) mass is 139 g/mol. The zero-order chi connectivity index (χ0) is 8.20. The Balaban J connectivity index is 4.08. The molecule has 0 radical (unpaired) electrons. The molecule has 0 aliphatic rings. The molecule has 56 valence electrons. The summed E-state index contributed by atoms with van der Waals surface area (Å²) in [5, 5.41) is 0. The van der Waals surface area contributed by atoms with E-state index in [0.717, 1.165) is 0 Å². The minimum Gasteiger partial charge on any atom is -0.319 e. The average Bonchev–Trinajstić information content (AvgIpc) is 1.89. The molecule has 0 spiro atoms. The van der Waals surface area contributed by atoms with Gasteiger partial charge in [0.2, 0.25) is 0 Å². The zero-order valence-corrected chi connectivity index (χ0v) is 6.48. The van der Waals surface area contributed by atoms with Crippen molar-refractivity contribution in [3.63, 3.8) is 0 Å². The van der Waals surface area contributed by atoms with Crippen LogP contribution in [0.3, 0.4) is 0 Å². The Morgan fingerprint density at radius 3 is 2.60 bits per heavy atom. The highest BCUT2D eigenvalue weighted by Crippen LogP contribution is 2.07. The second kappa shape index (κ2) is 3.38. The summed E-state index contributed by atoms with van der Waals surface area (Å²) in [6.07, 6.45) is 5.73. The van der Waals surface area contributed by atoms with Gasteiger partial charge in [-0.1, -0.05) is 12.8 Å². The quantitative estimate of drug-likeness (QED) is 0.585. The molecule has 0 amide bonds. The van der Waals surface area contributed by atoms with E-state index in [9.17, 15) is 4.79 Å². The summed E-state index contributed by atoms with van der Waals surface area (Å²) in [5.74, 6) is 2.22. The number of ketones is 1. The van der Waals surface area contributed by atoms with Gasteiger partial charge in [0, 0.05) is 0 Å². The van der Waals surface area contributed by atoms with Crippen molar-refractivity contribution in [3.8, 4) is 12.3 Å². The van der Waals surface area contributed by atoms with Crippen LogP contribution < -0.4 is 5.73 Å². The Bertz CT molecular complexity index is 165. The van der Waals surface area contributed by atoms with Crippen LogP contribution in [0.4, 0.5) is 0 Å². The second-order valence-electron chi connectivity index (χ2n) is 2.58. The van der Waals surface area contributed by atoms with Gasteiger partial charge in [-0.05, 0) is 13.3 Å². The zero-order valence-electron chi connectivity index (χ0n) is 6.48. The third-order valence-corrected chi connectivity index (χ3v) is 1.63. The third-order valence-electron chi connectivity index (χ3n) is 1.63. The molecule has 0 saturated carbocycles. The number of carbonyl (C=O) groups is 1. The van der Waals surface area contributed by atoms with Crippen LogP contribution in [0.25, 0.3) is 0 Å². The fourth-order valence-electron chi connectivity index (χ4n) is 0.492. The van der Waals surface area contributed by atoms with Crippen molar-refractivity contribution in [1.82, 2.24) is 0 Å². The highest BCUT2D eigenvalue weighted by Gasteiger charge is 2.24. The first kappa shape index (κ1) is 9.19. The molecular formula is C8H13NO. The van der Waals surface area contributed by atoms with Gasteiger partial charge in [-0.15, -0.1) is 6.42 Å². The van der Waals surface area contributed by atoms with Crippen LogP contribution in [-0.2, 0) is 4.79 Å². The number of hydrogen-bond acceptors (Lipinski definition) is 2. The van der Waals surface area contributed by atoms with Crippen molar-refractivity contribution in [2.45, 2.75) is 32.2 Å². The number of terminal acetylenes is 1. The molecule has 2 heteroatoms. The highest BCUT2D eigenvalue weighted by atomic mass is 16.1. The Hall–Kier alpha value is -0.810. The molecule has 0 aliphatic carbocycles. The minimum atomic E-state index is -0.730. The molecule has 0 aliphatic heterocycles. The number of carbonyl (C=O) groups excluding carboxylic acids is 1. The van der Waals surface area contributed by atoms with Gasteiger partial charge in [-0.2, -0.15) is 0 Å². The number of nitrogens with two attached hydrogens (primary N) is 1. The van der Waals surface area contributed by atoms with Gasteiger partial charge in [0.15, 0.2) is 5.78 Å². The van der Waals surface area contributed by atoms with Crippen molar-refractivity contribution in [2.24, 2.45) is 5.73 Å². The SMILES string of the molecule is C#CCC(=O)C(C)(N)CC. The van der Waals surface area contributed by atoms with E-state index in [2.05, 4.69) is 5.92 Å². The van der Waals surface area contributed by atoms with E-state index >= 15 is 0 Å². The van der Waals surface area contributed by atoms with Gasteiger partial charge in [0.05, 0.1) is 12.0 Å². The summed E-state index contributed by atoms with van der Waals surface area (Å²) >= 11 is 0. The molecule has 0 aromatic carbocycles. The van der Waals surface area contributed by atoms with Crippen LogP contribution in [0.5, 0.6) is 0 Å². The number of hydrogen-bond donors (Lipinski definition) is 1. The maximum Gasteiger partial charge on any atom is 0.164 e. The first-order chi connectivity index (χ1) is 4.54. The van der Waals surface area contributed by atoms with E-state index in [1.807, 2.05) is 6.92 Å². The van der Waals surface area contributed by atoms with Gasteiger partial charge in [-0.3, -0.25) is 4.79 Å². The van der Waals surface area contributed by atoms with Crippen LogP contribution in [0.1, 0.15) is 26.7 Å². The first-order valence-electron chi connectivity index (χ1n) is 3.30. The predicted octanol–water partition coefficient (Wildman–Crippen LogP) is 0.706. The molecule has 2 N–H and O–H groups in total. The summed E-state index contributed by atoms with van der Waals surface area (Å²) < 4.78 is 0. The van der Waals surface area contributed by atoms with Crippen LogP contribution in [-0.4, -0.2) is 11.3 Å². The van der Waals surface area contributed by atoms with Crippen LogP contribution in [0.2, 0.25) is 0 Å². The molecule has 1 atom stereocenters. The summed E-state index contributed by atoms with van der Waals surface area (Å²) in [4.78, 5) is 11.0. The Labute approximate surface area is 61.8 Å². The lowest BCUT2D eigenvalue weighted by Gasteiger charge is -2.18. The molecule has 0 aromatic heterocycles. The van der Waals surface area contributed by atoms with E-state index in [1.165, 1.54) is 0 Å². The van der Waals surface area contributed by atoms with Crippen molar-refractivity contribution in [1.29, 1.82) is 0 Å². The topological polar surface area (TPSA) is 43.1 Å². The lowest BCUT2D eigenvalue weighted by Crippen LogP contribution is -2.43. The van der Waals surface area contributed by atoms with E-state index in [4.69, 9.17) is 12.2 Å². The molecule has 0 aromatic rings. The maximum absolute atomic E-state index is 11.0. The molecule has 0 fully saturated rings. The van der Waals surface area contributed by atoms with E-state index in [-0.39, 0.29) is 12.2 Å². The van der Waals surface area contributed by atoms with Crippen LogP contribution in [0, 0.1) is 12.3 Å². The average molecular weight is 139 g/mol. The Morgan fingerprint density at radius 1 is 1.80 bits per heavy atom. The lowest BCUT2D eigenvalue weighted by molar-refractivity contribution is -0.122. The van der Waals surface area contributed by atoms with Crippen molar-refractivity contribution in [3.05, 3.63) is 0 Å². The van der Waals surface area contributed by atoms with Gasteiger partial charge in [0.25, 0.3) is 0 Å². The van der Waals surface area contributed by atoms with E-state index in [0.29, 0.717) is 6.42 Å². The lowest BCUT2D eigenvalue weighted by atomic mass is 9.93. The van der Waals surface area contributed by atoms with E-state index in [1.54, 1.807) is 6.92 Å². The highest BCUT2D eigenvalue weighted by molar-refractivity contribution is 5.89. The molecule has 0 saturated heterocycles. The molecular weight excluding hydrogens is 126 g/mol. The van der Waals surface area contributed by atoms with Crippen molar-refractivity contribution >= 4 is 5.78 Å². The van der Waals surface area contributed by atoms with Crippen molar-refractivity contribution < 1.29 is 4.79 Å². The molecule has 0 bridgehead atoms. The molecule has 10 heavy (non-hydrogen) atoms. The second-order valence-corrected chi connectivity index (χ2v) is 2.58. The number of Topliss-reactive ketones (excluding diaryl/α,β-unsaturated/α-hetero) is 1. The normalized spacial score (nSPS) is 15.4. The Kier molecular flexibility index (Phi) is 3.11. The first-order valence-corrected chi connectivity index (χ1v) is 3.30. The van der Waals surface area contributed by atoms with Gasteiger partial charge < -0.3 is 5.73 Å². The molecule has 0 heterocycles. The predicted molar refractivity (Wildman–Crippen MR) is 41.3 cm³/mol. The smallest absolute Gasteiger partial charge is 0.164 e. The van der Waals surface area contributed by atoms with Crippen molar-refractivity contribution in [2.75, 3.05) is 0 Å². The summed E-state index contributed by atoms with van der Waals surface area (Å²) in [6.45, 7) is 3.57. The molecule has 0 rings (SSSR count). The fraction of sp³-hybridized carbons (Fsp3) is 0.625. The summed E-state index contributed by atoms with van der Waals surface area (Å²) in [6, 6.07) is 0. The third kappa shape index (κ3) is 2.20. The van der Waals surface area contributed by atoms with Gasteiger partial charge in [-0.25, -0.2) is 0 Å². The molecule has 1 unspecified atom stereocenters. The number of rotatable bonds is 3. The summed E-state index contributed by atoms with van der Waals surface area (Å²) in [5.41, 5.74) is 4.87. The largest absolute Gasteiger partial charge is 0.319 e. The van der Waals surface area contributed by atoms with E-state index < -0.39 is 5.54 Å². The molecule has 2 nitrogen and oxygen atoms in total. The minimum absolute atomic E-state index is 0.0579. The van der Waals surface area contributed by atoms with Crippen LogP contribution in [0.15, 0.2) is 0 Å². The van der Waals surface area contributed by atoms with Gasteiger partial charge in [0.1, 0.15) is 0 Å². The maximum atomic E-state index is 11.0. The summed E-state index contributed by atoms with van der Waals surface area (Å²) in [7, 11) is 0. The van der Waals surface area contributed by atoms with Crippen LogP contribution >= 0.6 is 0 Å². The Morgan fingerprint density at radius 2 is 2.30 bits per heavy atom. The fourth-order valence-corrected chi connectivity index (χ4v) is 0.492. The standard InChI is InChI=1S/C8H13NO/c1-4-6-7(10)8(3,9)5-2/h1H,5-6,9H2,2-3H3. The van der Waals surface area contributed by atoms with Gasteiger partial charge >= 0.3 is 0 Å².